The summed E-state index contributed by atoms with van der Waals surface area (Å²) in [6.45, 7) is 5.15. The van der Waals surface area contributed by atoms with Crippen molar-refractivity contribution in [3.05, 3.63) is 58.6 Å². The smallest absolute Gasteiger partial charge is 0.263 e. The number of nitrogens with zero attached hydrogens (tertiary/aromatic N) is 1. The van der Waals surface area contributed by atoms with Gasteiger partial charge in [0.05, 0.1) is 0 Å². The predicted octanol–water partition coefficient (Wildman–Crippen LogP) is 4.53. The molecule has 0 saturated carbocycles. The van der Waals surface area contributed by atoms with Crippen molar-refractivity contribution in [1.82, 2.24) is 4.90 Å². The van der Waals surface area contributed by atoms with Crippen LogP contribution in [-0.2, 0) is 4.79 Å². The minimum atomic E-state index is -0.528. The van der Waals surface area contributed by atoms with Crippen LogP contribution in [0.15, 0.2) is 42.5 Å². The van der Waals surface area contributed by atoms with Crippen molar-refractivity contribution >= 4 is 17.5 Å². The Morgan fingerprint density at radius 3 is 2.46 bits per heavy atom. The van der Waals surface area contributed by atoms with E-state index < -0.39 is 6.10 Å². The number of phenols is 1. The Balaban J connectivity index is 1.56. The third kappa shape index (κ3) is 4.31. The fourth-order valence-electron chi connectivity index (χ4n) is 3.42. The van der Waals surface area contributed by atoms with Gasteiger partial charge < -0.3 is 14.7 Å². The second-order valence-corrected chi connectivity index (χ2v) is 7.30. The number of carbonyl (C=O) groups is 1. The van der Waals surface area contributed by atoms with Crippen molar-refractivity contribution in [3.8, 4) is 11.5 Å². The fraction of sp³-hybridized carbons (Fsp3) is 0.381. The predicted molar refractivity (Wildman–Crippen MR) is 103 cm³/mol. The zero-order valence-corrected chi connectivity index (χ0v) is 15.9. The monoisotopic (exact) mass is 373 g/mol. The van der Waals surface area contributed by atoms with Crippen molar-refractivity contribution in [2.45, 2.75) is 38.7 Å². The van der Waals surface area contributed by atoms with E-state index in [1.54, 1.807) is 31.2 Å². The Bertz CT molecular complexity index is 767. The van der Waals surface area contributed by atoms with Crippen molar-refractivity contribution in [2.24, 2.45) is 0 Å². The molecule has 0 bridgehead atoms. The summed E-state index contributed by atoms with van der Waals surface area (Å²) in [4.78, 5) is 14.6. The van der Waals surface area contributed by atoms with Crippen LogP contribution in [0.3, 0.4) is 0 Å². The summed E-state index contributed by atoms with van der Waals surface area (Å²) in [6.07, 6.45) is 1.31. The molecule has 2 aromatic carbocycles. The lowest BCUT2D eigenvalue weighted by Crippen LogP contribution is -2.44. The Labute approximate surface area is 159 Å². The average molecular weight is 374 g/mol. The van der Waals surface area contributed by atoms with Crippen LogP contribution >= 0.6 is 11.6 Å². The Morgan fingerprint density at radius 2 is 1.85 bits per heavy atom. The molecule has 1 heterocycles. The zero-order chi connectivity index (χ0) is 18.7. The number of rotatable bonds is 4. The fourth-order valence-corrected chi connectivity index (χ4v) is 3.65. The number of likely N-dealkylation sites (tertiary alicyclic amines) is 1. The summed E-state index contributed by atoms with van der Waals surface area (Å²) < 4.78 is 5.86. The molecule has 138 valence electrons. The van der Waals surface area contributed by atoms with Crippen molar-refractivity contribution in [1.29, 1.82) is 0 Å². The van der Waals surface area contributed by atoms with Crippen molar-refractivity contribution in [2.75, 3.05) is 13.1 Å². The van der Waals surface area contributed by atoms with Gasteiger partial charge in [-0.25, -0.2) is 0 Å². The third-order valence-corrected chi connectivity index (χ3v) is 5.19. The van der Waals surface area contributed by atoms with Crippen LogP contribution < -0.4 is 4.74 Å². The van der Waals surface area contributed by atoms with E-state index in [4.69, 9.17) is 16.3 Å². The lowest BCUT2D eigenvalue weighted by atomic mass is 9.89. The molecule has 0 aromatic heterocycles. The molecule has 4 nitrogen and oxygen atoms in total. The zero-order valence-electron chi connectivity index (χ0n) is 15.1. The number of piperidine rings is 1. The van der Waals surface area contributed by atoms with Crippen LogP contribution in [0.4, 0.5) is 0 Å². The average Bonchev–Trinajstić information content (AvgIpc) is 2.64. The maximum absolute atomic E-state index is 12.7. The van der Waals surface area contributed by atoms with Crippen LogP contribution in [0.1, 0.15) is 36.8 Å². The lowest BCUT2D eigenvalue weighted by Gasteiger charge is -2.33. The van der Waals surface area contributed by atoms with Gasteiger partial charge >= 0.3 is 0 Å². The molecule has 1 N–H and O–H groups in total. The normalized spacial score (nSPS) is 16.3. The van der Waals surface area contributed by atoms with Crippen LogP contribution in [0, 0.1) is 6.92 Å². The summed E-state index contributed by atoms with van der Waals surface area (Å²) in [5, 5.41) is 10.1. The van der Waals surface area contributed by atoms with Gasteiger partial charge in [0, 0.05) is 18.1 Å². The molecular formula is C21H24ClNO3. The van der Waals surface area contributed by atoms with E-state index in [1.807, 2.05) is 30.0 Å². The molecule has 0 radical (unpaired) electrons. The largest absolute Gasteiger partial charge is 0.508 e. The maximum Gasteiger partial charge on any atom is 0.263 e. The standard InChI is InChI=1S/C21H24ClNO3/c1-14-13-18(22)5-8-20(14)26-15(2)21(25)23-11-9-17(10-12-23)16-3-6-19(24)7-4-16/h3-8,13,15,17,24H,9-12H2,1-2H3/t15-/m1/s1. The van der Waals surface area contributed by atoms with Crippen LogP contribution in [0.2, 0.25) is 5.02 Å². The highest BCUT2D eigenvalue weighted by molar-refractivity contribution is 6.30. The number of aromatic hydroxyl groups is 1. The third-order valence-electron chi connectivity index (χ3n) is 4.96. The molecule has 2 aromatic rings. The van der Waals surface area contributed by atoms with Gasteiger partial charge in [0.2, 0.25) is 0 Å². The first-order valence-electron chi connectivity index (χ1n) is 8.94. The van der Waals surface area contributed by atoms with Gasteiger partial charge in [0.15, 0.2) is 6.10 Å². The summed E-state index contributed by atoms with van der Waals surface area (Å²) in [5.74, 6) is 1.41. The molecular weight excluding hydrogens is 350 g/mol. The van der Waals surface area contributed by atoms with Gasteiger partial charge in [0.1, 0.15) is 11.5 Å². The number of phenolic OH excluding ortho intramolecular Hbond substituents is 1. The molecule has 1 amide bonds. The van der Waals surface area contributed by atoms with Gasteiger partial charge in [-0.2, -0.15) is 0 Å². The molecule has 1 aliphatic rings. The number of hydrogen-bond acceptors (Lipinski definition) is 3. The molecule has 0 unspecified atom stereocenters. The molecule has 5 heteroatoms. The van der Waals surface area contributed by atoms with Gasteiger partial charge in [-0.3, -0.25) is 4.79 Å². The van der Waals surface area contributed by atoms with E-state index in [0.29, 0.717) is 16.7 Å². The van der Waals surface area contributed by atoms with Gasteiger partial charge in [-0.15, -0.1) is 0 Å². The van der Waals surface area contributed by atoms with Gasteiger partial charge in [0.25, 0.3) is 5.91 Å². The van der Waals surface area contributed by atoms with E-state index in [0.717, 1.165) is 31.5 Å². The number of ether oxygens (including phenoxy) is 1. The van der Waals surface area contributed by atoms with Crippen LogP contribution in [0.25, 0.3) is 0 Å². The topological polar surface area (TPSA) is 49.8 Å². The van der Waals surface area contributed by atoms with Crippen LogP contribution in [-0.4, -0.2) is 35.1 Å². The first kappa shape index (κ1) is 18.6. The Hall–Kier alpha value is -2.20. The number of carbonyl (C=O) groups excluding carboxylic acids is 1. The highest BCUT2D eigenvalue weighted by Gasteiger charge is 2.27. The number of hydrogen-bond donors (Lipinski definition) is 1. The number of halogens is 1. The summed E-state index contributed by atoms with van der Waals surface area (Å²) in [7, 11) is 0. The molecule has 0 spiro atoms. The van der Waals surface area contributed by atoms with Crippen molar-refractivity contribution in [3.63, 3.8) is 0 Å². The first-order chi connectivity index (χ1) is 12.4. The highest BCUT2D eigenvalue weighted by Crippen LogP contribution is 2.30. The summed E-state index contributed by atoms with van der Waals surface area (Å²) >= 11 is 5.97. The quantitative estimate of drug-likeness (QED) is 0.856. The second kappa shape index (κ2) is 8.00. The maximum atomic E-state index is 12.7. The minimum Gasteiger partial charge on any atom is -0.508 e. The van der Waals surface area contributed by atoms with E-state index in [1.165, 1.54) is 5.56 Å². The van der Waals surface area contributed by atoms with Crippen LogP contribution in [0.5, 0.6) is 11.5 Å². The van der Waals surface area contributed by atoms with E-state index in [-0.39, 0.29) is 11.7 Å². The number of benzene rings is 2. The first-order valence-corrected chi connectivity index (χ1v) is 9.32. The molecule has 1 fully saturated rings. The minimum absolute atomic E-state index is 0.0171. The Morgan fingerprint density at radius 1 is 1.19 bits per heavy atom. The number of amides is 1. The lowest BCUT2D eigenvalue weighted by molar-refractivity contribution is -0.139. The summed E-state index contributed by atoms with van der Waals surface area (Å²) in [5.41, 5.74) is 2.14. The molecule has 26 heavy (non-hydrogen) atoms. The van der Waals surface area contributed by atoms with E-state index in [2.05, 4.69) is 0 Å². The molecule has 1 saturated heterocycles. The van der Waals surface area contributed by atoms with Crippen molar-refractivity contribution < 1.29 is 14.6 Å². The van der Waals surface area contributed by atoms with E-state index in [9.17, 15) is 9.90 Å². The van der Waals surface area contributed by atoms with Gasteiger partial charge in [-0.1, -0.05) is 23.7 Å². The molecule has 1 aliphatic heterocycles. The number of aryl methyl sites for hydroxylation is 1. The van der Waals surface area contributed by atoms with Gasteiger partial charge in [-0.05, 0) is 74.1 Å². The molecule has 3 rings (SSSR count). The second-order valence-electron chi connectivity index (χ2n) is 6.86. The highest BCUT2D eigenvalue weighted by atomic mass is 35.5. The van der Waals surface area contributed by atoms with E-state index >= 15 is 0 Å². The molecule has 1 atom stereocenters. The SMILES string of the molecule is Cc1cc(Cl)ccc1O[C@H](C)C(=O)N1CCC(c2ccc(O)cc2)CC1. The molecule has 0 aliphatic carbocycles. The summed E-state index contributed by atoms with van der Waals surface area (Å²) in [6, 6.07) is 12.8. The Kier molecular flexibility index (Phi) is 5.72.